The second kappa shape index (κ2) is 12.7. The molecule has 0 aliphatic carbocycles. The fourth-order valence-electron chi connectivity index (χ4n) is 4.40. The summed E-state index contributed by atoms with van der Waals surface area (Å²) in [4.78, 5) is 31.7. The fourth-order valence-corrected chi connectivity index (χ4v) is 4.40. The Balaban J connectivity index is 1.88. The minimum Gasteiger partial charge on any atom is -0.373 e. The van der Waals surface area contributed by atoms with Gasteiger partial charge in [0.05, 0.1) is 23.6 Å². The van der Waals surface area contributed by atoms with Crippen molar-refractivity contribution < 1.29 is 9.59 Å². The van der Waals surface area contributed by atoms with Gasteiger partial charge < -0.3 is 15.1 Å². The van der Waals surface area contributed by atoms with Gasteiger partial charge >= 0.3 is 0 Å². The Morgan fingerprint density at radius 2 is 1.76 bits per heavy atom. The summed E-state index contributed by atoms with van der Waals surface area (Å²) < 4.78 is 0. The number of likely N-dealkylation sites (N-methyl/N-ethyl adjacent to an activating group) is 2. The molecule has 2 atom stereocenters. The highest BCUT2D eigenvalue weighted by atomic mass is 16.2. The third kappa shape index (κ3) is 6.73. The molecule has 0 saturated heterocycles. The summed E-state index contributed by atoms with van der Waals surface area (Å²) in [7, 11) is 5.45. The quantitative estimate of drug-likeness (QED) is 0.318. The smallest absolute Gasteiger partial charge is 0.267 e. The lowest BCUT2D eigenvalue weighted by Gasteiger charge is -2.34. The normalized spacial score (nSPS) is 12.9. The van der Waals surface area contributed by atoms with E-state index < -0.39 is 0 Å². The third-order valence-electron chi connectivity index (χ3n) is 6.45. The number of rotatable bonds is 11. The Labute approximate surface area is 219 Å². The van der Waals surface area contributed by atoms with Crippen LogP contribution in [-0.2, 0) is 4.79 Å². The number of carbonyl (C=O) groups excluding carboxylic acids is 2. The van der Waals surface area contributed by atoms with Crippen LogP contribution in [0.1, 0.15) is 40.7 Å². The second-order valence-electron chi connectivity index (χ2n) is 9.25. The molecule has 1 aromatic heterocycles. The predicted molar refractivity (Wildman–Crippen MR) is 146 cm³/mol. The van der Waals surface area contributed by atoms with E-state index in [4.69, 9.17) is 0 Å². The summed E-state index contributed by atoms with van der Waals surface area (Å²) in [6.45, 7) is 8.17. The van der Waals surface area contributed by atoms with E-state index in [9.17, 15) is 9.59 Å². The van der Waals surface area contributed by atoms with Crippen LogP contribution in [-0.4, -0.2) is 70.3 Å². The van der Waals surface area contributed by atoms with Crippen molar-refractivity contribution in [2.45, 2.75) is 32.2 Å². The molecule has 2 amide bonds. The van der Waals surface area contributed by atoms with Gasteiger partial charge in [-0.15, -0.1) is 0 Å². The minimum absolute atomic E-state index is 0.0279. The molecule has 37 heavy (non-hydrogen) atoms. The summed E-state index contributed by atoms with van der Waals surface area (Å²) >= 11 is 0. The molecule has 3 aromatic rings. The first kappa shape index (κ1) is 27.4. The molecule has 0 aliphatic rings. The third-order valence-corrected chi connectivity index (χ3v) is 6.45. The topological polar surface area (TPSA) is 83.4 Å². The van der Waals surface area contributed by atoms with Crippen molar-refractivity contribution in [1.82, 2.24) is 30.1 Å². The Hall–Kier alpha value is -4.20. The highest BCUT2D eigenvalue weighted by Gasteiger charge is 2.29. The van der Waals surface area contributed by atoms with Crippen LogP contribution in [0.3, 0.4) is 0 Å². The lowest BCUT2D eigenvalue weighted by atomic mass is 9.89. The van der Waals surface area contributed by atoms with Gasteiger partial charge in [-0.25, -0.2) is 0 Å². The van der Waals surface area contributed by atoms with Crippen LogP contribution >= 0.6 is 0 Å². The van der Waals surface area contributed by atoms with Crippen LogP contribution in [0, 0.1) is 6.92 Å². The summed E-state index contributed by atoms with van der Waals surface area (Å²) in [6.07, 6.45) is 7.01. The number of aromatic nitrogens is 3. The Kier molecular flexibility index (Phi) is 9.38. The molecule has 8 heteroatoms. The van der Waals surface area contributed by atoms with Crippen molar-refractivity contribution in [2.24, 2.45) is 0 Å². The maximum atomic E-state index is 13.9. The monoisotopic (exact) mass is 500 g/mol. The number of hydrogen-bond donors (Lipinski definition) is 1. The van der Waals surface area contributed by atoms with Gasteiger partial charge in [0, 0.05) is 39.6 Å². The van der Waals surface area contributed by atoms with Crippen LogP contribution in [0.5, 0.6) is 0 Å². The Morgan fingerprint density at radius 1 is 1.08 bits per heavy atom. The van der Waals surface area contributed by atoms with E-state index in [1.165, 1.54) is 4.80 Å². The molecule has 194 valence electrons. The molecule has 0 fully saturated rings. The van der Waals surface area contributed by atoms with Crippen molar-refractivity contribution in [2.75, 3.05) is 27.7 Å². The highest BCUT2D eigenvalue weighted by molar-refractivity contribution is 5.98. The summed E-state index contributed by atoms with van der Waals surface area (Å²) in [5.74, 6) is -0.286. The van der Waals surface area contributed by atoms with E-state index in [-0.39, 0.29) is 23.8 Å². The SMILES string of the molecule is C=C/C=C(/C(=O)NCC[C@H](C(C)c1ccccc1)N(C)C(=O)c1cc(C)ccc1-n1nccn1)N(C)C. The largest absolute Gasteiger partial charge is 0.373 e. The van der Waals surface area contributed by atoms with Gasteiger partial charge in [0.1, 0.15) is 5.70 Å². The van der Waals surface area contributed by atoms with Gasteiger partial charge in [-0.3, -0.25) is 9.59 Å². The van der Waals surface area contributed by atoms with Crippen molar-refractivity contribution in [3.63, 3.8) is 0 Å². The zero-order valence-corrected chi connectivity index (χ0v) is 22.3. The average molecular weight is 501 g/mol. The summed E-state index contributed by atoms with van der Waals surface area (Å²) in [6, 6.07) is 15.6. The number of aryl methyl sites for hydroxylation is 1. The van der Waals surface area contributed by atoms with Gasteiger partial charge in [-0.2, -0.15) is 15.0 Å². The molecule has 3 rings (SSSR count). The summed E-state index contributed by atoms with van der Waals surface area (Å²) in [5.41, 5.74) is 3.76. The number of hydrogen-bond acceptors (Lipinski definition) is 5. The van der Waals surface area contributed by atoms with Gasteiger partial charge in [0.25, 0.3) is 11.8 Å². The van der Waals surface area contributed by atoms with Crippen molar-refractivity contribution in [1.29, 1.82) is 0 Å². The van der Waals surface area contributed by atoms with Gasteiger partial charge in [-0.05, 0) is 37.1 Å². The molecule has 2 aromatic carbocycles. The standard InChI is InChI=1S/C29H36N6O2/c1-7-11-27(33(4)5)28(36)30-17-16-25(22(3)23-12-9-8-10-13-23)34(6)29(37)24-20-21(2)14-15-26(24)35-31-18-19-32-35/h7-15,18-20,22,25H,1,16-17H2,2-6H3,(H,30,36)/b27-11-/t22?,25-/m1/s1. The molecule has 8 nitrogen and oxygen atoms in total. The lowest BCUT2D eigenvalue weighted by Crippen LogP contribution is -2.43. The van der Waals surface area contributed by atoms with Crippen LogP contribution in [0.25, 0.3) is 5.69 Å². The van der Waals surface area contributed by atoms with Crippen molar-refractivity contribution >= 4 is 11.8 Å². The average Bonchev–Trinajstić information content (AvgIpc) is 3.43. The molecule has 0 aliphatic heterocycles. The van der Waals surface area contributed by atoms with Gasteiger partial charge in [-0.1, -0.05) is 61.5 Å². The van der Waals surface area contributed by atoms with Gasteiger partial charge in [0.2, 0.25) is 0 Å². The Bertz CT molecular complexity index is 1230. The highest BCUT2D eigenvalue weighted by Crippen LogP contribution is 2.27. The fraction of sp³-hybridized carbons (Fsp3) is 0.310. The van der Waals surface area contributed by atoms with Gasteiger partial charge in [0.15, 0.2) is 0 Å². The molecule has 0 spiro atoms. The number of nitrogens with zero attached hydrogens (tertiary/aromatic N) is 5. The van der Waals surface area contributed by atoms with E-state index in [1.54, 1.807) is 34.3 Å². The Morgan fingerprint density at radius 3 is 2.38 bits per heavy atom. The second-order valence-corrected chi connectivity index (χ2v) is 9.25. The van der Waals surface area contributed by atoms with E-state index >= 15 is 0 Å². The first-order valence-electron chi connectivity index (χ1n) is 12.3. The molecule has 1 N–H and O–H groups in total. The molecule has 0 radical (unpaired) electrons. The van der Waals surface area contributed by atoms with Crippen LogP contribution < -0.4 is 5.32 Å². The first-order chi connectivity index (χ1) is 17.7. The predicted octanol–water partition coefficient (Wildman–Crippen LogP) is 3.96. The van der Waals surface area contributed by atoms with E-state index in [0.29, 0.717) is 29.9 Å². The van der Waals surface area contributed by atoms with Crippen molar-refractivity contribution in [3.8, 4) is 5.69 Å². The van der Waals surface area contributed by atoms with Crippen LogP contribution in [0.4, 0.5) is 0 Å². The zero-order valence-electron chi connectivity index (χ0n) is 22.3. The maximum absolute atomic E-state index is 13.9. The maximum Gasteiger partial charge on any atom is 0.267 e. The van der Waals surface area contributed by atoms with E-state index in [1.807, 2.05) is 64.5 Å². The number of benzene rings is 2. The molecule has 0 saturated carbocycles. The van der Waals surface area contributed by atoms with E-state index in [2.05, 4.69) is 41.1 Å². The van der Waals surface area contributed by atoms with Crippen molar-refractivity contribution in [3.05, 3.63) is 102 Å². The first-order valence-corrected chi connectivity index (χ1v) is 12.3. The molecular formula is C29H36N6O2. The number of nitrogens with one attached hydrogen (secondary N) is 1. The minimum atomic E-state index is -0.185. The molecule has 1 unspecified atom stereocenters. The molecule has 1 heterocycles. The molecular weight excluding hydrogens is 464 g/mol. The summed E-state index contributed by atoms with van der Waals surface area (Å²) in [5, 5.41) is 11.5. The van der Waals surface area contributed by atoms with Crippen LogP contribution in [0.15, 0.2) is 85.4 Å². The molecule has 0 bridgehead atoms. The number of allylic oxidation sites excluding steroid dienone is 2. The number of carbonyl (C=O) groups is 2. The lowest BCUT2D eigenvalue weighted by molar-refractivity contribution is -0.118. The van der Waals surface area contributed by atoms with Crippen LogP contribution in [0.2, 0.25) is 0 Å². The number of amides is 2. The zero-order chi connectivity index (χ0) is 26.9. The van der Waals surface area contributed by atoms with E-state index in [0.717, 1.165) is 11.1 Å².